The van der Waals surface area contributed by atoms with Gasteiger partial charge in [-0.2, -0.15) is 0 Å². The second-order valence-electron chi connectivity index (χ2n) is 3.62. The molecule has 96 valence electrons. The maximum Gasteiger partial charge on any atom is 0.123 e. The molecular formula is C12H12ClFN2S2. The van der Waals surface area contributed by atoms with Gasteiger partial charge in [0, 0.05) is 15.5 Å². The van der Waals surface area contributed by atoms with Crippen LogP contribution in [0.2, 0.25) is 5.02 Å². The van der Waals surface area contributed by atoms with Crippen molar-refractivity contribution in [3.05, 3.63) is 51.4 Å². The first-order valence-corrected chi connectivity index (χ1v) is 7.52. The van der Waals surface area contributed by atoms with Gasteiger partial charge >= 0.3 is 0 Å². The standard InChI is InChI=1S/C12H12ClFN2S2/c13-10-5-6-17-12(10)11(16-15)7-18-9-3-1-8(14)2-4-9/h1-6,11,16H,7,15H2. The van der Waals surface area contributed by atoms with Crippen LogP contribution < -0.4 is 11.3 Å². The molecule has 2 nitrogen and oxygen atoms in total. The van der Waals surface area contributed by atoms with E-state index in [1.807, 2.05) is 11.4 Å². The molecule has 0 radical (unpaired) electrons. The van der Waals surface area contributed by atoms with Crippen LogP contribution in [0.3, 0.4) is 0 Å². The highest BCUT2D eigenvalue weighted by Gasteiger charge is 2.15. The predicted molar refractivity (Wildman–Crippen MR) is 76.5 cm³/mol. The van der Waals surface area contributed by atoms with Crippen molar-refractivity contribution in [3.8, 4) is 0 Å². The molecule has 0 aliphatic carbocycles. The van der Waals surface area contributed by atoms with E-state index in [2.05, 4.69) is 5.43 Å². The van der Waals surface area contributed by atoms with Gasteiger partial charge in [-0.25, -0.2) is 4.39 Å². The summed E-state index contributed by atoms with van der Waals surface area (Å²) in [5.41, 5.74) is 2.76. The molecule has 1 unspecified atom stereocenters. The first kappa shape index (κ1) is 13.8. The van der Waals surface area contributed by atoms with E-state index in [1.165, 1.54) is 12.1 Å². The summed E-state index contributed by atoms with van der Waals surface area (Å²) in [5.74, 6) is 6.06. The summed E-state index contributed by atoms with van der Waals surface area (Å²) in [6, 6.07) is 8.26. The Morgan fingerprint density at radius 2 is 2.06 bits per heavy atom. The molecule has 0 saturated heterocycles. The van der Waals surface area contributed by atoms with Crippen LogP contribution in [-0.2, 0) is 0 Å². The van der Waals surface area contributed by atoms with Crippen LogP contribution in [0, 0.1) is 5.82 Å². The number of hydrazine groups is 1. The van der Waals surface area contributed by atoms with Gasteiger partial charge in [-0.1, -0.05) is 11.6 Å². The minimum absolute atomic E-state index is 0.00690. The number of benzene rings is 1. The van der Waals surface area contributed by atoms with Crippen molar-refractivity contribution in [1.82, 2.24) is 5.43 Å². The number of halogens is 2. The zero-order valence-electron chi connectivity index (χ0n) is 9.40. The molecule has 0 fully saturated rings. The minimum Gasteiger partial charge on any atom is -0.271 e. The van der Waals surface area contributed by atoms with E-state index >= 15 is 0 Å². The predicted octanol–water partition coefficient (Wildman–Crippen LogP) is 3.84. The number of nitrogens with two attached hydrogens (primary N) is 1. The molecular weight excluding hydrogens is 291 g/mol. The Kier molecular flexibility index (Phi) is 5.03. The van der Waals surface area contributed by atoms with E-state index in [1.54, 1.807) is 35.2 Å². The highest BCUT2D eigenvalue weighted by molar-refractivity contribution is 7.99. The molecule has 0 aliphatic rings. The van der Waals surface area contributed by atoms with Crippen molar-refractivity contribution in [2.75, 3.05) is 5.75 Å². The van der Waals surface area contributed by atoms with Gasteiger partial charge < -0.3 is 0 Å². The highest BCUT2D eigenvalue weighted by atomic mass is 35.5. The Hall–Kier alpha value is -0.590. The maximum absolute atomic E-state index is 12.8. The fourth-order valence-corrected chi connectivity index (χ4v) is 3.77. The van der Waals surface area contributed by atoms with Crippen LogP contribution in [0.25, 0.3) is 0 Å². The SMILES string of the molecule is NNC(CSc1ccc(F)cc1)c1sccc1Cl. The van der Waals surface area contributed by atoms with Gasteiger partial charge in [-0.15, -0.1) is 23.1 Å². The molecule has 1 atom stereocenters. The molecule has 2 rings (SSSR count). The van der Waals surface area contributed by atoms with E-state index in [0.717, 1.165) is 20.5 Å². The molecule has 1 aromatic heterocycles. The van der Waals surface area contributed by atoms with Crippen LogP contribution in [0.5, 0.6) is 0 Å². The number of hydrogen-bond acceptors (Lipinski definition) is 4. The van der Waals surface area contributed by atoms with Gasteiger partial charge in [0.2, 0.25) is 0 Å². The van der Waals surface area contributed by atoms with Crippen LogP contribution in [0.1, 0.15) is 10.9 Å². The Bertz CT molecular complexity index is 501. The summed E-state index contributed by atoms with van der Waals surface area (Å²) >= 11 is 9.25. The number of thiophene rings is 1. The molecule has 2 aromatic rings. The second-order valence-corrected chi connectivity index (χ2v) is 6.07. The lowest BCUT2D eigenvalue weighted by molar-refractivity contribution is 0.620. The summed E-state index contributed by atoms with van der Waals surface area (Å²) in [4.78, 5) is 2.03. The van der Waals surface area contributed by atoms with E-state index in [4.69, 9.17) is 17.4 Å². The monoisotopic (exact) mass is 302 g/mol. The van der Waals surface area contributed by atoms with Crippen molar-refractivity contribution in [2.45, 2.75) is 10.9 Å². The van der Waals surface area contributed by atoms with Crippen molar-refractivity contribution in [3.63, 3.8) is 0 Å². The summed E-state index contributed by atoms with van der Waals surface area (Å²) in [5, 5.41) is 2.66. The molecule has 6 heteroatoms. The van der Waals surface area contributed by atoms with Gasteiger partial charge in [-0.05, 0) is 35.7 Å². The number of rotatable bonds is 5. The van der Waals surface area contributed by atoms with E-state index in [9.17, 15) is 4.39 Å². The lowest BCUT2D eigenvalue weighted by Gasteiger charge is -2.14. The molecule has 0 spiro atoms. The summed E-state index contributed by atoms with van der Waals surface area (Å²) in [6.45, 7) is 0. The largest absolute Gasteiger partial charge is 0.271 e. The van der Waals surface area contributed by atoms with Crippen LogP contribution >= 0.6 is 34.7 Å². The number of hydrogen-bond donors (Lipinski definition) is 2. The quantitative estimate of drug-likeness (QED) is 0.501. The third-order valence-electron chi connectivity index (χ3n) is 2.39. The van der Waals surface area contributed by atoms with Gasteiger partial charge in [-0.3, -0.25) is 11.3 Å². The van der Waals surface area contributed by atoms with E-state index < -0.39 is 0 Å². The minimum atomic E-state index is -0.228. The smallest absolute Gasteiger partial charge is 0.123 e. The summed E-state index contributed by atoms with van der Waals surface area (Å²) in [7, 11) is 0. The molecule has 18 heavy (non-hydrogen) atoms. The Balaban J connectivity index is 2.00. The molecule has 0 bridgehead atoms. The van der Waals surface area contributed by atoms with Crippen LogP contribution in [0.4, 0.5) is 4.39 Å². The molecule has 1 heterocycles. The van der Waals surface area contributed by atoms with E-state index in [-0.39, 0.29) is 11.9 Å². The van der Waals surface area contributed by atoms with E-state index in [0.29, 0.717) is 0 Å². The topological polar surface area (TPSA) is 38.0 Å². The first-order chi connectivity index (χ1) is 8.70. The Labute approximate surface area is 118 Å². The second kappa shape index (κ2) is 6.54. The number of thioether (sulfide) groups is 1. The zero-order valence-corrected chi connectivity index (χ0v) is 11.8. The average Bonchev–Trinajstić information content (AvgIpc) is 2.79. The average molecular weight is 303 g/mol. The third-order valence-corrected chi connectivity index (χ3v) is 4.97. The normalized spacial score (nSPS) is 12.6. The summed E-state index contributed by atoms with van der Waals surface area (Å²) < 4.78 is 12.8. The Morgan fingerprint density at radius 1 is 1.33 bits per heavy atom. The fourth-order valence-electron chi connectivity index (χ4n) is 1.46. The van der Waals surface area contributed by atoms with Gasteiger partial charge in [0.15, 0.2) is 0 Å². The van der Waals surface area contributed by atoms with Gasteiger partial charge in [0.1, 0.15) is 5.82 Å². The van der Waals surface area contributed by atoms with Crippen molar-refractivity contribution >= 4 is 34.7 Å². The molecule has 1 aromatic carbocycles. The van der Waals surface area contributed by atoms with Gasteiger partial charge in [0.25, 0.3) is 0 Å². The van der Waals surface area contributed by atoms with Crippen molar-refractivity contribution in [1.29, 1.82) is 0 Å². The first-order valence-electron chi connectivity index (χ1n) is 5.28. The van der Waals surface area contributed by atoms with Crippen molar-refractivity contribution in [2.24, 2.45) is 5.84 Å². The number of nitrogens with one attached hydrogen (secondary N) is 1. The van der Waals surface area contributed by atoms with Gasteiger partial charge in [0.05, 0.1) is 11.1 Å². The van der Waals surface area contributed by atoms with Crippen LogP contribution in [-0.4, -0.2) is 5.75 Å². The van der Waals surface area contributed by atoms with Crippen LogP contribution in [0.15, 0.2) is 40.6 Å². The Morgan fingerprint density at radius 3 is 2.61 bits per heavy atom. The maximum atomic E-state index is 12.8. The van der Waals surface area contributed by atoms with Crippen molar-refractivity contribution < 1.29 is 4.39 Å². The zero-order chi connectivity index (χ0) is 13.0. The lowest BCUT2D eigenvalue weighted by Crippen LogP contribution is -2.29. The molecule has 0 amide bonds. The molecule has 0 saturated carbocycles. The summed E-state index contributed by atoms with van der Waals surface area (Å²) in [6.07, 6.45) is 0. The molecule has 3 N–H and O–H groups in total. The molecule has 0 aliphatic heterocycles. The third kappa shape index (κ3) is 3.46. The lowest BCUT2D eigenvalue weighted by atomic mass is 10.3. The highest BCUT2D eigenvalue weighted by Crippen LogP contribution is 2.32. The fraction of sp³-hybridized carbons (Fsp3) is 0.167.